The number of carbonyl (C=O) groups excluding carboxylic acids is 1. The van der Waals surface area contributed by atoms with Gasteiger partial charge in [0.1, 0.15) is 11.6 Å². The van der Waals surface area contributed by atoms with Crippen molar-refractivity contribution >= 4 is 44.9 Å². The van der Waals surface area contributed by atoms with Crippen molar-refractivity contribution in [3.05, 3.63) is 72.5 Å². The highest BCUT2D eigenvalue weighted by Gasteiger charge is 2.05. The molecule has 3 aromatic carbocycles. The Kier molecular flexibility index (Phi) is 6.76. The third-order valence-electron chi connectivity index (χ3n) is 3.87. The maximum atomic E-state index is 12.9. The monoisotopic (exact) mass is 412 g/mol. The summed E-state index contributed by atoms with van der Waals surface area (Å²) in [6, 6.07) is 19.1. The zero-order valence-corrected chi connectivity index (χ0v) is 16.3. The van der Waals surface area contributed by atoms with Crippen LogP contribution in [0.1, 0.15) is 6.92 Å². The number of halogens is 2. The van der Waals surface area contributed by atoms with Crippen LogP contribution in [-0.2, 0) is 4.79 Å². The number of ether oxygens (including phenoxy) is 1. The first-order valence-electron chi connectivity index (χ1n) is 8.71. The second-order valence-corrected chi connectivity index (χ2v) is 6.41. The fourth-order valence-electron chi connectivity index (χ4n) is 2.35. The van der Waals surface area contributed by atoms with E-state index in [4.69, 9.17) is 16.3 Å². The molecule has 148 valence electrons. The van der Waals surface area contributed by atoms with E-state index in [-0.39, 0.29) is 17.6 Å². The van der Waals surface area contributed by atoms with Gasteiger partial charge in [-0.2, -0.15) is 10.2 Å². The van der Waals surface area contributed by atoms with Gasteiger partial charge in [0.15, 0.2) is 11.8 Å². The second kappa shape index (κ2) is 9.66. The van der Waals surface area contributed by atoms with E-state index < -0.39 is 5.91 Å². The van der Waals surface area contributed by atoms with E-state index in [9.17, 15) is 9.18 Å². The lowest BCUT2D eigenvalue weighted by atomic mass is 10.1. The molecule has 0 aliphatic rings. The van der Waals surface area contributed by atoms with Gasteiger partial charge >= 0.3 is 0 Å². The minimum atomic E-state index is -0.437. The van der Waals surface area contributed by atoms with E-state index in [0.717, 1.165) is 10.8 Å². The molecule has 2 N–H and O–H groups in total. The summed E-state index contributed by atoms with van der Waals surface area (Å²) >= 11 is 6.02. The first kappa shape index (κ1) is 20.3. The quantitative estimate of drug-likeness (QED) is 0.442. The largest absolute Gasteiger partial charge is 0.484 e. The van der Waals surface area contributed by atoms with Crippen molar-refractivity contribution in [2.75, 3.05) is 12.0 Å². The van der Waals surface area contributed by atoms with E-state index in [1.165, 1.54) is 24.3 Å². The van der Waals surface area contributed by atoms with Gasteiger partial charge in [-0.1, -0.05) is 41.9 Å². The van der Waals surface area contributed by atoms with Gasteiger partial charge in [0.2, 0.25) is 0 Å². The average molecular weight is 413 g/mol. The maximum Gasteiger partial charge on any atom is 0.277 e. The summed E-state index contributed by atoms with van der Waals surface area (Å²) in [5, 5.41) is 9.97. The zero-order valence-electron chi connectivity index (χ0n) is 15.5. The third kappa shape index (κ3) is 6.02. The van der Waals surface area contributed by atoms with E-state index in [1.807, 2.05) is 36.4 Å². The smallest absolute Gasteiger partial charge is 0.277 e. The zero-order chi connectivity index (χ0) is 20.6. The lowest BCUT2D eigenvalue weighted by Crippen LogP contribution is -2.26. The lowest BCUT2D eigenvalue weighted by Gasteiger charge is -2.07. The lowest BCUT2D eigenvalue weighted by molar-refractivity contribution is -0.123. The Labute approximate surface area is 172 Å². The molecule has 8 heteroatoms. The van der Waals surface area contributed by atoms with Crippen LogP contribution in [0, 0.1) is 5.82 Å². The fourth-order valence-corrected chi connectivity index (χ4v) is 2.43. The first-order valence-corrected chi connectivity index (χ1v) is 9.09. The molecule has 0 radical (unpaired) electrons. The molecule has 0 aromatic heterocycles. The van der Waals surface area contributed by atoms with E-state index in [2.05, 4.69) is 21.1 Å². The van der Waals surface area contributed by atoms with Crippen LogP contribution in [0.15, 0.2) is 76.9 Å². The van der Waals surface area contributed by atoms with Crippen molar-refractivity contribution in [2.24, 2.45) is 10.2 Å². The first-order chi connectivity index (χ1) is 14.0. The minimum Gasteiger partial charge on any atom is -0.484 e. The fraction of sp³-hybridized carbons (Fsp3) is 0.0952. The van der Waals surface area contributed by atoms with Crippen LogP contribution in [0.25, 0.3) is 10.8 Å². The molecule has 0 fully saturated rings. The number of hydrogen-bond acceptors (Lipinski definition) is 5. The summed E-state index contributed by atoms with van der Waals surface area (Å²) in [5.41, 5.74) is 5.88. The number of hydrogen-bond donors (Lipinski definition) is 2. The van der Waals surface area contributed by atoms with Gasteiger partial charge in [-0.15, -0.1) is 0 Å². The van der Waals surface area contributed by atoms with Crippen molar-refractivity contribution in [1.82, 2.24) is 5.43 Å². The van der Waals surface area contributed by atoms with Crippen LogP contribution in [0.2, 0.25) is 0 Å². The summed E-state index contributed by atoms with van der Waals surface area (Å²) in [6.07, 6.45) is 0. The van der Waals surface area contributed by atoms with Crippen molar-refractivity contribution in [1.29, 1.82) is 0 Å². The molecule has 1 amide bonds. The van der Waals surface area contributed by atoms with Crippen LogP contribution in [0.4, 0.5) is 10.1 Å². The van der Waals surface area contributed by atoms with E-state index >= 15 is 0 Å². The molecule has 0 saturated heterocycles. The van der Waals surface area contributed by atoms with Crippen molar-refractivity contribution in [3.8, 4) is 5.75 Å². The Hall–Kier alpha value is -3.45. The highest BCUT2D eigenvalue weighted by atomic mass is 35.5. The SMILES string of the molecule is CC(=N/NC(=O)COc1ccc2ccccc2c1)/C(Cl)=N/Nc1ccc(F)cc1. The average Bonchev–Trinajstić information content (AvgIpc) is 2.75. The predicted molar refractivity (Wildman–Crippen MR) is 114 cm³/mol. The highest BCUT2D eigenvalue weighted by molar-refractivity contribution is 6.83. The Morgan fingerprint density at radius 3 is 2.52 bits per heavy atom. The number of nitrogens with one attached hydrogen (secondary N) is 2. The summed E-state index contributed by atoms with van der Waals surface area (Å²) in [6.45, 7) is 1.39. The second-order valence-electron chi connectivity index (χ2n) is 6.05. The summed E-state index contributed by atoms with van der Waals surface area (Å²) < 4.78 is 18.4. The molecule has 0 saturated carbocycles. The van der Waals surface area contributed by atoms with Gasteiger partial charge < -0.3 is 4.74 Å². The van der Waals surface area contributed by atoms with Gasteiger partial charge in [-0.05, 0) is 54.1 Å². The summed E-state index contributed by atoms with van der Waals surface area (Å²) in [5.74, 6) is -0.201. The van der Waals surface area contributed by atoms with Gasteiger partial charge in [-0.25, -0.2) is 9.82 Å². The highest BCUT2D eigenvalue weighted by Crippen LogP contribution is 2.20. The Morgan fingerprint density at radius 1 is 1.03 bits per heavy atom. The molecular formula is C21H18ClFN4O2. The van der Waals surface area contributed by atoms with E-state index in [0.29, 0.717) is 17.1 Å². The number of amides is 1. The summed E-state index contributed by atoms with van der Waals surface area (Å²) in [4.78, 5) is 11.9. The third-order valence-corrected chi connectivity index (χ3v) is 4.22. The number of anilines is 1. The van der Waals surface area contributed by atoms with Crippen molar-refractivity contribution in [2.45, 2.75) is 6.92 Å². The molecule has 0 aliphatic carbocycles. The van der Waals surface area contributed by atoms with Crippen LogP contribution in [0.5, 0.6) is 5.75 Å². The van der Waals surface area contributed by atoms with Crippen LogP contribution in [-0.4, -0.2) is 23.4 Å². The molecule has 29 heavy (non-hydrogen) atoms. The number of fused-ring (bicyclic) bond motifs is 1. The standard InChI is InChI=1S/C21H18ClFN4O2/c1-14(21(22)27-25-18-9-7-17(23)8-10-18)24-26-20(28)13-29-19-11-6-15-4-2-3-5-16(15)12-19/h2-12,25H,13H2,1H3,(H,26,28)/b24-14-,27-21-. The van der Waals surface area contributed by atoms with Crippen molar-refractivity contribution in [3.63, 3.8) is 0 Å². The van der Waals surface area contributed by atoms with Crippen LogP contribution >= 0.6 is 11.6 Å². The number of carbonyl (C=O) groups is 1. The Bertz CT molecular complexity index is 1070. The van der Waals surface area contributed by atoms with Gasteiger partial charge in [-0.3, -0.25) is 10.2 Å². The van der Waals surface area contributed by atoms with Gasteiger partial charge in [0, 0.05) is 0 Å². The number of rotatable bonds is 7. The van der Waals surface area contributed by atoms with E-state index in [1.54, 1.807) is 13.0 Å². The Morgan fingerprint density at radius 2 is 1.76 bits per heavy atom. The molecule has 0 unspecified atom stereocenters. The maximum absolute atomic E-state index is 12.9. The molecule has 0 bridgehead atoms. The van der Waals surface area contributed by atoms with Gasteiger partial charge in [0.05, 0.1) is 11.4 Å². The normalized spacial score (nSPS) is 12.0. The molecule has 0 atom stereocenters. The van der Waals surface area contributed by atoms with Crippen LogP contribution < -0.4 is 15.6 Å². The van der Waals surface area contributed by atoms with Crippen molar-refractivity contribution < 1.29 is 13.9 Å². The minimum absolute atomic E-state index is 0.0464. The number of benzene rings is 3. The Balaban J connectivity index is 1.50. The topological polar surface area (TPSA) is 75.1 Å². The summed E-state index contributed by atoms with van der Waals surface area (Å²) in [7, 11) is 0. The van der Waals surface area contributed by atoms with Gasteiger partial charge in [0.25, 0.3) is 5.91 Å². The van der Waals surface area contributed by atoms with Crippen LogP contribution in [0.3, 0.4) is 0 Å². The molecule has 0 spiro atoms. The molecule has 6 nitrogen and oxygen atoms in total. The molecule has 3 aromatic rings. The molecule has 0 heterocycles. The number of nitrogens with zero attached hydrogens (tertiary/aromatic N) is 2. The molecule has 3 rings (SSSR count). The number of hydrazone groups is 2. The molecular weight excluding hydrogens is 395 g/mol. The molecule has 0 aliphatic heterocycles. The predicted octanol–water partition coefficient (Wildman–Crippen LogP) is 4.51.